The average Bonchev–Trinajstić information content (AvgIpc) is 3.16. The first-order chi connectivity index (χ1) is 11.8. The molecule has 0 bridgehead atoms. The number of urea groups is 1. The molecule has 24 heavy (non-hydrogen) atoms. The topological polar surface area (TPSA) is 71.8 Å². The van der Waals surface area contributed by atoms with E-state index in [0.717, 1.165) is 23.2 Å². The number of nitrogens with zero attached hydrogens (tertiary/aromatic N) is 3. The van der Waals surface area contributed by atoms with E-state index in [9.17, 15) is 4.79 Å². The molecule has 0 aliphatic rings. The van der Waals surface area contributed by atoms with Gasteiger partial charge < -0.3 is 10.6 Å². The fourth-order valence-electron chi connectivity index (χ4n) is 2.34. The van der Waals surface area contributed by atoms with Crippen LogP contribution in [0.1, 0.15) is 11.1 Å². The minimum Gasteiger partial charge on any atom is -0.338 e. The molecule has 6 heteroatoms. The minimum atomic E-state index is -0.177. The van der Waals surface area contributed by atoms with Gasteiger partial charge in [-0.2, -0.15) is 5.10 Å². The number of carbonyl (C=O) groups is 1. The summed E-state index contributed by atoms with van der Waals surface area (Å²) < 4.78 is 1.79. The number of hydrogen-bond acceptors (Lipinski definition) is 3. The zero-order valence-corrected chi connectivity index (χ0v) is 13.2. The molecular formula is C18H19N5O. The first-order valence-corrected chi connectivity index (χ1v) is 7.81. The zero-order valence-electron chi connectivity index (χ0n) is 13.2. The zero-order chi connectivity index (χ0) is 16.6. The standard InChI is InChI=1S/C18H19N5O/c24-18(20-10-7-15-5-2-8-19-13-15)21-14-16-4-1-6-17(12-16)23-11-3-9-22-23/h1-6,8-9,11-13H,7,10,14H2,(H2,20,21,24). The van der Waals surface area contributed by atoms with E-state index >= 15 is 0 Å². The summed E-state index contributed by atoms with van der Waals surface area (Å²) >= 11 is 0. The molecule has 0 radical (unpaired) electrons. The Bertz CT molecular complexity index is 771. The first-order valence-electron chi connectivity index (χ1n) is 7.81. The van der Waals surface area contributed by atoms with Crippen molar-refractivity contribution in [2.24, 2.45) is 0 Å². The van der Waals surface area contributed by atoms with Crippen LogP contribution in [-0.4, -0.2) is 27.3 Å². The maximum Gasteiger partial charge on any atom is 0.315 e. The summed E-state index contributed by atoms with van der Waals surface area (Å²) in [6.07, 6.45) is 7.93. The Morgan fingerprint density at radius 2 is 1.96 bits per heavy atom. The van der Waals surface area contributed by atoms with Gasteiger partial charge in [-0.1, -0.05) is 18.2 Å². The van der Waals surface area contributed by atoms with Crippen molar-refractivity contribution in [1.82, 2.24) is 25.4 Å². The van der Waals surface area contributed by atoms with Gasteiger partial charge in [0.1, 0.15) is 0 Å². The van der Waals surface area contributed by atoms with E-state index in [1.807, 2.05) is 48.7 Å². The Morgan fingerprint density at radius 1 is 1.04 bits per heavy atom. The molecule has 0 saturated carbocycles. The third-order valence-corrected chi connectivity index (χ3v) is 3.55. The molecular weight excluding hydrogens is 302 g/mol. The number of amides is 2. The van der Waals surface area contributed by atoms with Crippen LogP contribution in [0, 0.1) is 0 Å². The van der Waals surface area contributed by atoms with Crippen LogP contribution in [-0.2, 0) is 13.0 Å². The van der Waals surface area contributed by atoms with E-state index in [1.54, 1.807) is 23.3 Å². The highest BCUT2D eigenvalue weighted by Gasteiger charge is 2.02. The molecule has 0 aliphatic carbocycles. The van der Waals surface area contributed by atoms with Crippen molar-refractivity contribution in [1.29, 1.82) is 0 Å². The van der Waals surface area contributed by atoms with E-state index in [1.165, 1.54) is 0 Å². The summed E-state index contributed by atoms with van der Waals surface area (Å²) in [5.74, 6) is 0. The van der Waals surface area contributed by atoms with Gasteiger partial charge in [-0.05, 0) is 41.8 Å². The Labute approximate surface area is 140 Å². The van der Waals surface area contributed by atoms with E-state index in [4.69, 9.17) is 0 Å². The Morgan fingerprint density at radius 3 is 2.75 bits per heavy atom. The molecule has 2 N–H and O–H groups in total. The normalized spacial score (nSPS) is 10.3. The van der Waals surface area contributed by atoms with Gasteiger partial charge in [0.05, 0.1) is 5.69 Å². The van der Waals surface area contributed by atoms with Crippen molar-refractivity contribution in [3.8, 4) is 5.69 Å². The van der Waals surface area contributed by atoms with Crippen LogP contribution in [0.15, 0.2) is 67.3 Å². The SMILES string of the molecule is O=C(NCCc1cccnc1)NCc1cccc(-n2cccn2)c1. The second-order valence-electron chi connectivity index (χ2n) is 5.34. The van der Waals surface area contributed by atoms with Gasteiger partial charge in [0.25, 0.3) is 0 Å². The number of aromatic nitrogens is 3. The summed E-state index contributed by atoms with van der Waals surface area (Å²) in [6, 6.07) is 13.5. The minimum absolute atomic E-state index is 0.177. The number of benzene rings is 1. The number of carbonyl (C=O) groups excluding carboxylic acids is 1. The molecule has 0 fully saturated rings. The van der Waals surface area contributed by atoms with Crippen LogP contribution in [0.2, 0.25) is 0 Å². The summed E-state index contributed by atoms with van der Waals surface area (Å²) in [6.45, 7) is 1.04. The number of hydrogen-bond donors (Lipinski definition) is 2. The van der Waals surface area contributed by atoms with Gasteiger partial charge in [0.2, 0.25) is 0 Å². The molecule has 1 aromatic carbocycles. The van der Waals surface area contributed by atoms with Crippen LogP contribution in [0.3, 0.4) is 0 Å². The predicted octanol–water partition coefficient (Wildman–Crippen LogP) is 2.31. The van der Waals surface area contributed by atoms with Crippen molar-refractivity contribution in [3.05, 3.63) is 78.4 Å². The molecule has 0 spiro atoms. The lowest BCUT2D eigenvalue weighted by molar-refractivity contribution is 0.240. The third-order valence-electron chi connectivity index (χ3n) is 3.55. The molecule has 0 unspecified atom stereocenters. The summed E-state index contributed by atoms with van der Waals surface area (Å²) in [4.78, 5) is 15.9. The van der Waals surface area contributed by atoms with Crippen LogP contribution in [0.5, 0.6) is 0 Å². The van der Waals surface area contributed by atoms with Gasteiger partial charge in [-0.25, -0.2) is 9.48 Å². The highest BCUT2D eigenvalue weighted by atomic mass is 16.2. The Balaban J connectivity index is 1.45. The van der Waals surface area contributed by atoms with E-state index in [-0.39, 0.29) is 6.03 Å². The summed E-state index contributed by atoms with van der Waals surface area (Å²) in [7, 11) is 0. The lowest BCUT2D eigenvalue weighted by atomic mass is 10.2. The highest BCUT2D eigenvalue weighted by Crippen LogP contribution is 2.09. The van der Waals surface area contributed by atoms with Crippen LogP contribution < -0.4 is 10.6 Å². The van der Waals surface area contributed by atoms with E-state index < -0.39 is 0 Å². The lowest BCUT2D eigenvalue weighted by Crippen LogP contribution is -2.36. The molecule has 2 aromatic heterocycles. The second-order valence-corrected chi connectivity index (χ2v) is 5.34. The molecule has 2 heterocycles. The molecule has 0 aliphatic heterocycles. The summed E-state index contributed by atoms with van der Waals surface area (Å²) in [5.41, 5.74) is 3.09. The maximum atomic E-state index is 11.9. The van der Waals surface area contributed by atoms with Crippen molar-refractivity contribution in [2.45, 2.75) is 13.0 Å². The smallest absolute Gasteiger partial charge is 0.315 e. The third kappa shape index (κ3) is 4.42. The Hall–Kier alpha value is -3.15. The van der Waals surface area contributed by atoms with Crippen LogP contribution >= 0.6 is 0 Å². The van der Waals surface area contributed by atoms with Gasteiger partial charge in [0, 0.05) is 37.9 Å². The Kier molecular flexibility index (Phi) is 5.19. The van der Waals surface area contributed by atoms with Crippen LogP contribution in [0.4, 0.5) is 4.79 Å². The highest BCUT2D eigenvalue weighted by molar-refractivity contribution is 5.73. The van der Waals surface area contributed by atoms with E-state index in [2.05, 4.69) is 20.7 Å². The monoisotopic (exact) mass is 321 g/mol. The predicted molar refractivity (Wildman–Crippen MR) is 91.7 cm³/mol. The lowest BCUT2D eigenvalue weighted by Gasteiger charge is -2.09. The molecule has 0 atom stereocenters. The van der Waals surface area contributed by atoms with Gasteiger partial charge in [-0.15, -0.1) is 0 Å². The first kappa shape index (κ1) is 15.7. The van der Waals surface area contributed by atoms with Gasteiger partial charge >= 0.3 is 6.03 Å². The number of nitrogens with one attached hydrogen (secondary N) is 2. The number of pyridine rings is 1. The van der Waals surface area contributed by atoms with Crippen molar-refractivity contribution >= 4 is 6.03 Å². The fourth-order valence-corrected chi connectivity index (χ4v) is 2.34. The fraction of sp³-hybridized carbons (Fsp3) is 0.167. The molecule has 0 saturated heterocycles. The van der Waals surface area contributed by atoms with Crippen molar-refractivity contribution < 1.29 is 4.79 Å². The van der Waals surface area contributed by atoms with E-state index in [0.29, 0.717) is 13.1 Å². The molecule has 6 nitrogen and oxygen atoms in total. The van der Waals surface area contributed by atoms with Crippen LogP contribution in [0.25, 0.3) is 5.69 Å². The largest absolute Gasteiger partial charge is 0.338 e. The quantitative estimate of drug-likeness (QED) is 0.732. The maximum absolute atomic E-state index is 11.9. The van der Waals surface area contributed by atoms with Gasteiger partial charge in [0.15, 0.2) is 0 Å². The van der Waals surface area contributed by atoms with Crippen molar-refractivity contribution in [3.63, 3.8) is 0 Å². The van der Waals surface area contributed by atoms with Gasteiger partial charge in [-0.3, -0.25) is 4.98 Å². The summed E-state index contributed by atoms with van der Waals surface area (Å²) in [5, 5.41) is 9.91. The number of rotatable bonds is 6. The van der Waals surface area contributed by atoms with Crippen molar-refractivity contribution in [2.75, 3.05) is 6.54 Å². The molecule has 122 valence electrons. The average molecular weight is 321 g/mol. The molecule has 3 aromatic rings. The second kappa shape index (κ2) is 7.92. The molecule has 3 rings (SSSR count). The molecule has 2 amide bonds.